The summed E-state index contributed by atoms with van der Waals surface area (Å²) in [5.41, 5.74) is 6.68. The Balaban J connectivity index is 2.66. The van der Waals surface area contributed by atoms with E-state index in [4.69, 9.17) is 17.3 Å². The van der Waals surface area contributed by atoms with Crippen LogP contribution < -0.4 is 11.1 Å². The summed E-state index contributed by atoms with van der Waals surface area (Å²) in [5.74, 6) is -0.232. The molecule has 0 aromatic heterocycles. The van der Waals surface area contributed by atoms with Gasteiger partial charge in [-0.2, -0.15) is 0 Å². The number of benzene rings is 1. The molecule has 0 heterocycles. The van der Waals surface area contributed by atoms with Gasteiger partial charge in [0.2, 0.25) is 5.91 Å². The van der Waals surface area contributed by atoms with E-state index in [-0.39, 0.29) is 23.9 Å². The van der Waals surface area contributed by atoms with Crippen LogP contribution >= 0.6 is 11.6 Å². The van der Waals surface area contributed by atoms with Gasteiger partial charge in [-0.25, -0.2) is 0 Å². The first kappa shape index (κ1) is 14.0. The molecule has 3 unspecified atom stereocenters. The SMILES string of the molecule is CC(NC(=O)C(C)C(C)N)c1cccc(Cl)c1. The third kappa shape index (κ3) is 4.02. The van der Waals surface area contributed by atoms with E-state index in [9.17, 15) is 4.79 Å². The van der Waals surface area contributed by atoms with Gasteiger partial charge in [0.15, 0.2) is 0 Å². The lowest BCUT2D eigenvalue weighted by Gasteiger charge is -2.20. The van der Waals surface area contributed by atoms with E-state index in [1.807, 2.05) is 45.0 Å². The lowest BCUT2D eigenvalue weighted by molar-refractivity contribution is -0.125. The van der Waals surface area contributed by atoms with Gasteiger partial charge in [0.25, 0.3) is 0 Å². The molecule has 17 heavy (non-hydrogen) atoms. The first-order valence-electron chi connectivity index (χ1n) is 5.73. The molecule has 3 atom stereocenters. The van der Waals surface area contributed by atoms with Crippen LogP contribution in [0.4, 0.5) is 0 Å². The van der Waals surface area contributed by atoms with E-state index in [1.54, 1.807) is 0 Å². The molecule has 0 aliphatic carbocycles. The molecule has 0 spiro atoms. The van der Waals surface area contributed by atoms with E-state index in [2.05, 4.69) is 5.32 Å². The minimum Gasteiger partial charge on any atom is -0.349 e. The molecule has 0 aliphatic heterocycles. The van der Waals surface area contributed by atoms with Gasteiger partial charge in [-0.3, -0.25) is 4.79 Å². The molecule has 0 bridgehead atoms. The Morgan fingerprint density at radius 2 is 2.00 bits per heavy atom. The molecule has 1 amide bonds. The monoisotopic (exact) mass is 254 g/mol. The standard InChI is InChI=1S/C13H19ClN2O/c1-8(9(2)15)13(17)16-10(3)11-5-4-6-12(14)7-11/h4-10H,15H2,1-3H3,(H,16,17). The van der Waals surface area contributed by atoms with Crippen LogP contribution in [0, 0.1) is 5.92 Å². The van der Waals surface area contributed by atoms with Gasteiger partial charge >= 0.3 is 0 Å². The number of carbonyl (C=O) groups excluding carboxylic acids is 1. The second kappa shape index (κ2) is 6.03. The van der Waals surface area contributed by atoms with E-state index >= 15 is 0 Å². The highest BCUT2D eigenvalue weighted by molar-refractivity contribution is 6.30. The normalized spacial score (nSPS) is 16.1. The molecular weight excluding hydrogens is 236 g/mol. The van der Waals surface area contributed by atoms with Gasteiger partial charge in [0, 0.05) is 17.0 Å². The van der Waals surface area contributed by atoms with Gasteiger partial charge in [-0.1, -0.05) is 30.7 Å². The van der Waals surface area contributed by atoms with Crippen LogP contribution in [-0.4, -0.2) is 11.9 Å². The molecule has 1 aromatic rings. The number of rotatable bonds is 4. The van der Waals surface area contributed by atoms with Crippen molar-refractivity contribution >= 4 is 17.5 Å². The zero-order chi connectivity index (χ0) is 13.0. The van der Waals surface area contributed by atoms with Crippen molar-refractivity contribution < 1.29 is 4.79 Å². The molecule has 0 fully saturated rings. The maximum Gasteiger partial charge on any atom is 0.224 e. The zero-order valence-corrected chi connectivity index (χ0v) is 11.2. The van der Waals surface area contributed by atoms with Crippen LogP contribution in [0.5, 0.6) is 0 Å². The summed E-state index contributed by atoms with van der Waals surface area (Å²) in [6.45, 7) is 5.58. The molecule has 0 saturated carbocycles. The highest BCUT2D eigenvalue weighted by atomic mass is 35.5. The first-order valence-corrected chi connectivity index (χ1v) is 6.11. The quantitative estimate of drug-likeness (QED) is 0.868. The van der Waals surface area contributed by atoms with Crippen molar-refractivity contribution in [3.63, 3.8) is 0 Å². The maximum atomic E-state index is 11.8. The average molecular weight is 255 g/mol. The fourth-order valence-corrected chi connectivity index (χ4v) is 1.64. The Morgan fingerprint density at radius 3 is 2.53 bits per heavy atom. The van der Waals surface area contributed by atoms with Crippen molar-refractivity contribution in [3.8, 4) is 0 Å². The Kier molecular flexibility index (Phi) is 4.97. The predicted molar refractivity (Wildman–Crippen MR) is 70.8 cm³/mol. The van der Waals surface area contributed by atoms with Crippen molar-refractivity contribution in [1.29, 1.82) is 0 Å². The van der Waals surface area contributed by atoms with Crippen molar-refractivity contribution in [2.45, 2.75) is 32.9 Å². The molecule has 1 aromatic carbocycles. The first-order chi connectivity index (χ1) is 7.91. The summed E-state index contributed by atoms with van der Waals surface area (Å²) >= 11 is 5.91. The molecule has 3 N–H and O–H groups in total. The second-order valence-electron chi connectivity index (χ2n) is 4.43. The Labute approximate surface area is 107 Å². The van der Waals surface area contributed by atoms with Gasteiger partial charge in [-0.15, -0.1) is 0 Å². The van der Waals surface area contributed by atoms with Gasteiger partial charge in [0.05, 0.1) is 6.04 Å². The molecule has 0 radical (unpaired) electrons. The summed E-state index contributed by atoms with van der Waals surface area (Å²) in [4.78, 5) is 11.8. The number of hydrogen-bond acceptors (Lipinski definition) is 2. The summed E-state index contributed by atoms with van der Waals surface area (Å²) in [5, 5.41) is 3.60. The topological polar surface area (TPSA) is 55.1 Å². The third-order valence-electron chi connectivity index (χ3n) is 2.91. The minimum atomic E-state index is -0.198. The largest absolute Gasteiger partial charge is 0.349 e. The minimum absolute atomic E-state index is 0.0347. The molecule has 3 nitrogen and oxygen atoms in total. The van der Waals surface area contributed by atoms with Gasteiger partial charge < -0.3 is 11.1 Å². The highest BCUT2D eigenvalue weighted by Gasteiger charge is 2.19. The number of nitrogens with one attached hydrogen (secondary N) is 1. The second-order valence-corrected chi connectivity index (χ2v) is 4.87. The van der Waals surface area contributed by atoms with Crippen molar-refractivity contribution in [3.05, 3.63) is 34.9 Å². The van der Waals surface area contributed by atoms with Crippen LogP contribution in [0.2, 0.25) is 5.02 Å². The van der Waals surface area contributed by atoms with E-state index in [1.165, 1.54) is 0 Å². The summed E-state index contributed by atoms with van der Waals surface area (Å²) in [7, 11) is 0. The van der Waals surface area contributed by atoms with E-state index in [0.29, 0.717) is 5.02 Å². The van der Waals surface area contributed by atoms with Gasteiger partial charge in [0.1, 0.15) is 0 Å². The average Bonchev–Trinajstić information content (AvgIpc) is 2.27. The Hall–Kier alpha value is -1.06. The van der Waals surface area contributed by atoms with Crippen LogP contribution in [0.25, 0.3) is 0 Å². The van der Waals surface area contributed by atoms with Crippen LogP contribution in [0.3, 0.4) is 0 Å². The van der Waals surface area contributed by atoms with E-state index < -0.39 is 0 Å². The maximum absolute atomic E-state index is 11.8. The van der Waals surface area contributed by atoms with Crippen molar-refractivity contribution in [2.24, 2.45) is 11.7 Å². The predicted octanol–water partition coefficient (Wildman–Crippen LogP) is 2.50. The molecule has 1 rings (SSSR count). The lowest BCUT2D eigenvalue weighted by atomic mass is 10.0. The molecule has 94 valence electrons. The van der Waals surface area contributed by atoms with Gasteiger partial charge in [-0.05, 0) is 31.5 Å². The lowest BCUT2D eigenvalue weighted by Crippen LogP contribution is -2.39. The van der Waals surface area contributed by atoms with Crippen molar-refractivity contribution in [1.82, 2.24) is 5.32 Å². The van der Waals surface area contributed by atoms with E-state index in [0.717, 1.165) is 5.56 Å². The fourth-order valence-electron chi connectivity index (χ4n) is 1.44. The Morgan fingerprint density at radius 1 is 1.35 bits per heavy atom. The molecule has 0 saturated heterocycles. The molecule has 4 heteroatoms. The van der Waals surface area contributed by atoms with Crippen LogP contribution in [-0.2, 0) is 4.79 Å². The number of amides is 1. The summed E-state index contributed by atoms with van der Waals surface area (Å²) < 4.78 is 0. The van der Waals surface area contributed by atoms with Crippen LogP contribution in [0.1, 0.15) is 32.4 Å². The summed E-state index contributed by atoms with van der Waals surface area (Å²) in [6.07, 6.45) is 0. The van der Waals surface area contributed by atoms with Crippen molar-refractivity contribution in [2.75, 3.05) is 0 Å². The van der Waals surface area contributed by atoms with Crippen LogP contribution in [0.15, 0.2) is 24.3 Å². The summed E-state index contributed by atoms with van der Waals surface area (Å²) in [6, 6.07) is 7.25. The number of hydrogen-bond donors (Lipinski definition) is 2. The molecular formula is C13H19ClN2O. The number of nitrogens with two attached hydrogens (primary N) is 1. The Bertz CT molecular complexity index is 393. The fraction of sp³-hybridized carbons (Fsp3) is 0.462. The zero-order valence-electron chi connectivity index (χ0n) is 10.4. The third-order valence-corrected chi connectivity index (χ3v) is 3.14. The molecule has 0 aliphatic rings. The number of carbonyl (C=O) groups is 1. The smallest absolute Gasteiger partial charge is 0.224 e. The highest BCUT2D eigenvalue weighted by Crippen LogP contribution is 2.17. The number of halogens is 1.